The van der Waals surface area contributed by atoms with Gasteiger partial charge in [-0.1, -0.05) is 26.0 Å². The summed E-state index contributed by atoms with van der Waals surface area (Å²) in [4.78, 5) is 126. The minimum absolute atomic E-state index is 0.0129. The van der Waals surface area contributed by atoms with E-state index in [1.54, 1.807) is 26.0 Å². The maximum absolute atomic E-state index is 13.8. The van der Waals surface area contributed by atoms with Gasteiger partial charge in [-0.05, 0) is 66.8 Å². The van der Waals surface area contributed by atoms with Crippen molar-refractivity contribution in [2.75, 3.05) is 21.7 Å². The molecule has 61 heavy (non-hydrogen) atoms. The van der Waals surface area contributed by atoms with Gasteiger partial charge in [0.05, 0.1) is 16.3 Å². The van der Waals surface area contributed by atoms with E-state index in [0.29, 0.717) is 16.2 Å². The van der Waals surface area contributed by atoms with Crippen LogP contribution in [-0.2, 0) is 40.1 Å². The smallest absolute Gasteiger partial charge is 0.429 e. The highest BCUT2D eigenvalue weighted by molar-refractivity contribution is 6.33. The lowest BCUT2D eigenvalue weighted by atomic mass is 10.0. The van der Waals surface area contributed by atoms with E-state index in [0.717, 1.165) is 47.4 Å². The summed E-state index contributed by atoms with van der Waals surface area (Å²) < 4.78 is 10.1. The number of carbonyl (C=O) groups excluding carboxylic acids is 9. The van der Waals surface area contributed by atoms with Crippen LogP contribution in [0.15, 0.2) is 91.0 Å². The highest BCUT2D eigenvalue weighted by Crippen LogP contribution is 2.34. The van der Waals surface area contributed by atoms with Crippen LogP contribution in [0.5, 0.6) is 5.75 Å². The Kier molecular flexibility index (Phi) is 14.0. The molecular formula is C40H38N8O13. The van der Waals surface area contributed by atoms with Gasteiger partial charge in [0.1, 0.15) is 24.4 Å². The van der Waals surface area contributed by atoms with Gasteiger partial charge >= 0.3 is 12.2 Å². The number of nitro benzene ring substituents is 1. The molecule has 2 aliphatic heterocycles. The fourth-order valence-corrected chi connectivity index (χ4v) is 5.93. The van der Waals surface area contributed by atoms with Crippen LogP contribution < -0.4 is 41.5 Å². The van der Waals surface area contributed by atoms with Crippen molar-refractivity contribution in [2.24, 2.45) is 11.7 Å². The molecule has 3 aromatic rings. The van der Waals surface area contributed by atoms with E-state index in [2.05, 4.69) is 21.3 Å². The first-order valence-electron chi connectivity index (χ1n) is 18.4. The van der Waals surface area contributed by atoms with Crippen LogP contribution in [0.2, 0.25) is 0 Å². The number of non-ortho nitro benzene ring substituents is 1. The highest BCUT2D eigenvalue weighted by atomic mass is 16.7. The van der Waals surface area contributed by atoms with Gasteiger partial charge in [0, 0.05) is 54.2 Å². The van der Waals surface area contributed by atoms with Crippen molar-refractivity contribution in [2.45, 2.75) is 45.4 Å². The summed E-state index contributed by atoms with van der Waals surface area (Å²) in [7, 11) is 0. The quantitative estimate of drug-likeness (QED) is 0.0327. The average molecular weight is 839 g/mol. The molecule has 9 amide bonds. The number of nitrogens with one attached hydrogen (secondary N) is 4. The van der Waals surface area contributed by atoms with Gasteiger partial charge in [-0.3, -0.25) is 43.7 Å². The lowest BCUT2D eigenvalue weighted by Crippen LogP contribution is -2.54. The Balaban J connectivity index is 1.25. The van der Waals surface area contributed by atoms with E-state index >= 15 is 0 Å². The summed E-state index contributed by atoms with van der Waals surface area (Å²) in [5, 5.41) is 21.2. The number of urea groups is 1. The van der Waals surface area contributed by atoms with Crippen molar-refractivity contribution in [3.05, 3.63) is 112 Å². The van der Waals surface area contributed by atoms with Gasteiger partial charge in [-0.15, -0.1) is 0 Å². The van der Waals surface area contributed by atoms with E-state index in [-0.39, 0.29) is 54.4 Å². The zero-order chi connectivity index (χ0) is 44.4. The summed E-state index contributed by atoms with van der Waals surface area (Å²) in [6, 6.07) is 11.3. The molecule has 3 aromatic carbocycles. The number of benzene rings is 3. The molecule has 0 fully saturated rings. The molecule has 0 saturated heterocycles. The van der Waals surface area contributed by atoms with Crippen LogP contribution >= 0.6 is 0 Å². The highest BCUT2D eigenvalue weighted by Gasteiger charge is 2.35. The monoisotopic (exact) mass is 838 g/mol. The number of ether oxygens (including phenoxy) is 2. The molecule has 21 heteroatoms. The van der Waals surface area contributed by atoms with Crippen LogP contribution in [0.1, 0.15) is 42.6 Å². The lowest BCUT2D eigenvalue weighted by Gasteiger charge is -2.26. The number of hydrogen-bond donors (Lipinski definition) is 5. The molecule has 0 bridgehead atoms. The first-order valence-corrected chi connectivity index (χ1v) is 18.4. The first-order chi connectivity index (χ1) is 29.0. The number of anilines is 3. The predicted octanol–water partition coefficient (Wildman–Crippen LogP) is 2.50. The van der Waals surface area contributed by atoms with Crippen molar-refractivity contribution < 1.29 is 57.5 Å². The maximum atomic E-state index is 13.8. The molecule has 5 rings (SSSR count). The van der Waals surface area contributed by atoms with Crippen LogP contribution in [0.25, 0.3) is 0 Å². The number of nitrogens with two attached hydrogens (primary N) is 1. The zero-order valence-corrected chi connectivity index (χ0v) is 32.4. The third-order valence-electron chi connectivity index (χ3n) is 9.00. The summed E-state index contributed by atoms with van der Waals surface area (Å²) >= 11 is 0. The van der Waals surface area contributed by atoms with E-state index < -0.39 is 76.5 Å². The molecular weight excluding hydrogens is 800 g/mol. The second kappa shape index (κ2) is 19.5. The van der Waals surface area contributed by atoms with Crippen molar-refractivity contribution >= 4 is 76.3 Å². The molecule has 0 spiro atoms. The molecule has 2 heterocycles. The minimum atomic E-state index is -1.25. The minimum Gasteiger partial charge on any atom is -0.429 e. The number of hydrogen-bond acceptors (Lipinski definition) is 13. The number of imide groups is 2. The summed E-state index contributed by atoms with van der Waals surface area (Å²) in [5.41, 5.74) is 5.27. The standard InChI is InChI=1S/C40H38N8O13/c1-22(2)35(45-36(53)24-7-14-29(46-31(49)15-16-32(46)50)30(20-24)47-33(51)17-18-34(47)52)38(55)44-28(4-3-19-42-39(41)56)37(54)43-25-8-5-23(6-9-25)21-60-40(57)61-27-12-10-26(11-13-27)48(58)59/h5-18,20,22,28,35H,3-4,19,21H2,1-2H3,(H,43,54)(H,44,55)(H,45,53)(H3,41,42,56)/t28-,35-/m0/s1. The normalized spacial score (nSPS) is 14.1. The Labute approximate surface area is 346 Å². The molecule has 6 N–H and O–H groups in total. The maximum Gasteiger partial charge on any atom is 0.514 e. The summed E-state index contributed by atoms with van der Waals surface area (Å²) in [6.45, 7) is 3.12. The van der Waals surface area contributed by atoms with Crippen LogP contribution in [0.4, 0.5) is 32.3 Å². The first kappa shape index (κ1) is 43.9. The van der Waals surface area contributed by atoms with Gasteiger partial charge in [0.2, 0.25) is 11.8 Å². The second-order valence-electron chi connectivity index (χ2n) is 13.7. The number of nitro groups is 1. The average Bonchev–Trinajstić information content (AvgIpc) is 3.74. The fourth-order valence-electron chi connectivity index (χ4n) is 5.93. The van der Waals surface area contributed by atoms with Crippen molar-refractivity contribution in [3.8, 4) is 5.75 Å². The molecule has 2 atom stereocenters. The topological polar surface area (TPSA) is 296 Å². The lowest BCUT2D eigenvalue weighted by molar-refractivity contribution is -0.384. The molecule has 0 unspecified atom stereocenters. The molecule has 0 aliphatic carbocycles. The van der Waals surface area contributed by atoms with Crippen molar-refractivity contribution in [1.29, 1.82) is 0 Å². The molecule has 21 nitrogen and oxygen atoms in total. The van der Waals surface area contributed by atoms with Crippen LogP contribution in [-0.4, -0.2) is 77.1 Å². The molecule has 316 valence electrons. The Morgan fingerprint density at radius 2 is 1.36 bits per heavy atom. The van der Waals surface area contributed by atoms with Gasteiger partial charge in [0.25, 0.3) is 35.2 Å². The molecule has 0 radical (unpaired) electrons. The molecule has 0 saturated carbocycles. The number of nitrogens with zero attached hydrogens (tertiary/aromatic N) is 3. The molecule has 0 aromatic heterocycles. The Bertz CT molecular complexity index is 2310. The number of primary amides is 1. The largest absolute Gasteiger partial charge is 0.514 e. The van der Waals surface area contributed by atoms with E-state index in [4.69, 9.17) is 15.2 Å². The third-order valence-corrected chi connectivity index (χ3v) is 9.00. The number of rotatable bonds is 17. The van der Waals surface area contributed by atoms with Gasteiger partial charge in [0.15, 0.2) is 0 Å². The van der Waals surface area contributed by atoms with Gasteiger partial charge in [-0.25, -0.2) is 19.4 Å². The Hall–Kier alpha value is -8.23. The third kappa shape index (κ3) is 11.2. The van der Waals surface area contributed by atoms with E-state index in [1.807, 2.05) is 0 Å². The zero-order valence-electron chi connectivity index (χ0n) is 32.4. The van der Waals surface area contributed by atoms with Crippen LogP contribution in [0.3, 0.4) is 0 Å². The van der Waals surface area contributed by atoms with Gasteiger partial charge < -0.3 is 36.5 Å². The second-order valence-corrected chi connectivity index (χ2v) is 13.7. The SMILES string of the molecule is CC(C)[C@H](NC(=O)c1ccc(N2C(=O)C=CC2=O)c(N2C(=O)C=CC2=O)c1)C(=O)N[C@@H](CCCNC(N)=O)C(=O)Nc1ccc(COC(=O)Oc2ccc([N+](=O)[O-])cc2)cc1. The van der Waals surface area contributed by atoms with Gasteiger partial charge in [-0.2, -0.15) is 0 Å². The fraction of sp³-hybridized carbons (Fsp3) is 0.225. The summed E-state index contributed by atoms with van der Waals surface area (Å²) in [5.74, 6) is -5.81. The van der Waals surface area contributed by atoms with Crippen LogP contribution in [0, 0.1) is 16.0 Å². The van der Waals surface area contributed by atoms with E-state index in [9.17, 15) is 53.3 Å². The summed E-state index contributed by atoms with van der Waals surface area (Å²) in [6.07, 6.45) is 3.14. The number of amides is 9. The Morgan fingerprint density at radius 3 is 1.92 bits per heavy atom. The van der Waals surface area contributed by atoms with E-state index in [1.165, 1.54) is 36.4 Å². The van der Waals surface area contributed by atoms with Crippen molar-refractivity contribution in [1.82, 2.24) is 16.0 Å². The Morgan fingerprint density at radius 1 is 0.770 bits per heavy atom. The number of carbonyl (C=O) groups is 9. The van der Waals surface area contributed by atoms with Crippen molar-refractivity contribution in [3.63, 3.8) is 0 Å². The molecule has 2 aliphatic rings. The predicted molar refractivity (Wildman–Crippen MR) is 214 cm³/mol.